The number of ether oxygens (including phenoxy) is 1. The Labute approximate surface area is 81.3 Å². The first-order valence-corrected chi connectivity index (χ1v) is 5.53. The number of hydrogen-bond acceptors (Lipinski definition) is 2. The van der Waals surface area contributed by atoms with E-state index in [0.29, 0.717) is 0 Å². The smallest absolute Gasteiger partial charge is 0.0927 e. The molecular weight excluding hydrogens is 164 g/mol. The van der Waals surface area contributed by atoms with Crippen LogP contribution in [0.5, 0.6) is 0 Å². The van der Waals surface area contributed by atoms with Crippen LogP contribution in [0.1, 0.15) is 52.4 Å². The lowest BCUT2D eigenvalue weighted by Gasteiger charge is -2.25. The van der Waals surface area contributed by atoms with Crippen molar-refractivity contribution in [3.8, 4) is 0 Å². The summed E-state index contributed by atoms with van der Waals surface area (Å²) in [7, 11) is 0. The van der Waals surface area contributed by atoms with Crippen LogP contribution in [0.4, 0.5) is 0 Å². The maximum absolute atomic E-state index is 10.1. The normalized spacial score (nSPS) is 33.9. The quantitative estimate of drug-likeness (QED) is 0.668. The zero-order valence-electron chi connectivity index (χ0n) is 8.88. The molecule has 78 valence electrons. The molecule has 1 saturated heterocycles. The topological polar surface area (TPSA) is 29.5 Å². The van der Waals surface area contributed by atoms with Crippen LogP contribution in [0.2, 0.25) is 0 Å². The summed E-state index contributed by atoms with van der Waals surface area (Å²) < 4.78 is 5.38. The molecule has 0 amide bonds. The van der Waals surface area contributed by atoms with Gasteiger partial charge in [-0.25, -0.2) is 0 Å². The largest absolute Gasteiger partial charge is 0.387 e. The van der Waals surface area contributed by atoms with E-state index in [0.717, 1.165) is 25.9 Å². The molecule has 1 rings (SSSR count). The summed E-state index contributed by atoms with van der Waals surface area (Å²) in [6.45, 7) is 4.91. The van der Waals surface area contributed by atoms with Gasteiger partial charge in [0.05, 0.1) is 11.7 Å². The SMILES string of the molecule is CCCCCCC1(O)CCOC1C. The van der Waals surface area contributed by atoms with Crippen LogP contribution >= 0.6 is 0 Å². The van der Waals surface area contributed by atoms with Gasteiger partial charge >= 0.3 is 0 Å². The zero-order valence-corrected chi connectivity index (χ0v) is 8.88. The van der Waals surface area contributed by atoms with Crippen molar-refractivity contribution in [3.63, 3.8) is 0 Å². The fourth-order valence-electron chi connectivity index (χ4n) is 1.96. The molecule has 1 aliphatic heterocycles. The van der Waals surface area contributed by atoms with Crippen LogP contribution < -0.4 is 0 Å². The molecular formula is C11H22O2. The van der Waals surface area contributed by atoms with Crippen molar-refractivity contribution in [2.24, 2.45) is 0 Å². The highest BCUT2D eigenvalue weighted by Gasteiger charge is 2.38. The summed E-state index contributed by atoms with van der Waals surface area (Å²) >= 11 is 0. The standard InChI is InChI=1S/C11H22O2/c1-3-4-5-6-7-11(12)8-9-13-10(11)2/h10,12H,3-9H2,1-2H3. The van der Waals surface area contributed by atoms with Gasteiger partial charge in [0.1, 0.15) is 0 Å². The molecule has 0 radical (unpaired) electrons. The van der Waals surface area contributed by atoms with Gasteiger partial charge in [-0.3, -0.25) is 0 Å². The van der Waals surface area contributed by atoms with E-state index < -0.39 is 5.60 Å². The molecule has 0 spiro atoms. The number of unbranched alkanes of at least 4 members (excludes halogenated alkanes) is 3. The second-order valence-corrected chi connectivity index (χ2v) is 4.18. The van der Waals surface area contributed by atoms with E-state index in [1.807, 2.05) is 6.92 Å². The molecule has 0 aromatic carbocycles. The first-order valence-electron chi connectivity index (χ1n) is 5.53. The lowest BCUT2D eigenvalue weighted by molar-refractivity contribution is -0.0345. The van der Waals surface area contributed by atoms with Crippen molar-refractivity contribution in [1.82, 2.24) is 0 Å². The van der Waals surface area contributed by atoms with Gasteiger partial charge in [-0.05, 0) is 13.3 Å². The maximum atomic E-state index is 10.1. The van der Waals surface area contributed by atoms with Crippen LogP contribution in [-0.2, 0) is 4.74 Å². The van der Waals surface area contributed by atoms with Gasteiger partial charge in [-0.1, -0.05) is 32.6 Å². The van der Waals surface area contributed by atoms with Crippen LogP contribution in [0.15, 0.2) is 0 Å². The molecule has 2 unspecified atom stereocenters. The van der Waals surface area contributed by atoms with Gasteiger partial charge in [0.15, 0.2) is 0 Å². The Hall–Kier alpha value is -0.0800. The van der Waals surface area contributed by atoms with Crippen molar-refractivity contribution < 1.29 is 9.84 Å². The Morgan fingerprint density at radius 1 is 1.38 bits per heavy atom. The van der Waals surface area contributed by atoms with Gasteiger partial charge in [-0.2, -0.15) is 0 Å². The molecule has 1 heterocycles. The molecule has 0 aromatic rings. The summed E-state index contributed by atoms with van der Waals surface area (Å²) in [5.41, 5.74) is -0.520. The minimum Gasteiger partial charge on any atom is -0.387 e. The van der Waals surface area contributed by atoms with Crippen molar-refractivity contribution in [3.05, 3.63) is 0 Å². The van der Waals surface area contributed by atoms with Gasteiger partial charge in [0.2, 0.25) is 0 Å². The minimum absolute atomic E-state index is 0.0362. The van der Waals surface area contributed by atoms with Crippen LogP contribution in [0.25, 0.3) is 0 Å². The number of aliphatic hydroxyl groups is 1. The minimum atomic E-state index is -0.520. The van der Waals surface area contributed by atoms with Gasteiger partial charge in [-0.15, -0.1) is 0 Å². The molecule has 0 aromatic heterocycles. The summed E-state index contributed by atoms with van der Waals surface area (Å²) in [5.74, 6) is 0. The van der Waals surface area contributed by atoms with Gasteiger partial charge in [0.25, 0.3) is 0 Å². The van der Waals surface area contributed by atoms with Crippen molar-refractivity contribution in [2.45, 2.75) is 64.1 Å². The molecule has 1 aliphatic rings. The Bertz CT molecular complexity index is 147. The molecule has 0 saturated carbocycles. The molecule has 1 fully saturated rings. The monoisotopic (exact) mass is 186 g/mol. The van der Waals surface area contributed by atoms with Crippen LogP contribution in [0.3, 0.4) is 0 Å². The van der Waals surface area contributed by atoms with E-state index in [1.165, 1.54) is 19.3 Å². The lowest BCUT2D eigenvalue weighted by Crippen LogP contribution is -2.35. The molecule has 1 N–H and O–H groups in total. The molecule has 2 atom stereocenters. The summed E-state index contributed by atoms with van der Waals surface area (Å²) in [6.07, 6.45) is 6.68. The summed E-state index contributed by atoms with van der Waals surface area (Å²) in [4.78, 5) is 0. The highest BCUT2D eigenvalue weighted by molar-refractivity contribution is 4.89. The van der Waals surface area contributed by atoms with Crippen LogP contribution in [-0.4, -0.2) is 23.4 Å². The van der Waals surface area contributed by atoms with Gasteiger partial charge in [0, 0.05) is 13.0 Å². The average molecular weight is 186 g/mol. The van der Waals surface area contributed by atoms with Crippen molar-refractivity contribution >= 4 is 0 Å². The van der Waals surface area contributed by atoms with E-state index in [-0.39, 0.29) is 6.10 Å². The predicted octanol–water partition coefficient (Wildman–Crippen LogP) is 2.50. The van der Waals surface area contributed by atoms with E-state index in [2.05, 4.69) is 6.92 Å². The third kappa shape index (κ3) is 2.96. The summed E-state index contributed by atoms with van der Waals surface area (Å²) in [5, 5.41) is 10.1. The predicted molar refractivity (Wildman–Crippen MR) is 53.7 cm³/mol. The third-order valence-electron chi connectivity index (χ3n) is 3.12. The van der Waals surface area contributed by atoms with Crippen LogP contribution in [0, 0.1) is 0 Å². The van der Waals surface area contributed by atoms with E-state index >= 15 is 0 Å². The van der Waals surface area contributed by atoms with Crippen molar-refractivity contribution in [2.75, 3.05) is 6.61 Å². The van der Waals surface area contributed by atoms with Gasteiger partial charge < -0.3 is 9.84 Å². The Kier molecular flexibility index (Phi) is 4.20. The highest BCUT2D eigenvalue weighted by atomic mass is 16.5. The van der Waals surface area contributed by atoms with Crippen molar-refractivity contribution in [1.29, 1.82) is 0 Å². The van der Waals surface area contributed by atoms with E-state index in [9.17, 15) is 5.11 Å². The van der Waals surface area contributed by atoms with E-state index in [1.54, 1.807) is 0 Å². The fraction of sp³-hybridized carbons (Fsp3) is 1.00. The number of hydrogen-bond donors (Lipinski definition) is 1. The zero-order chi connectivity index (χ0) is 9.73. The second kappa shape index (κ2) is 4.97. The van der Waals surface area contributed by atoms with E-state index in [4.69, 9.17) is 4.74 Å². The molecule has 2 heteroatoms. The molecule has 13 heavy (non-hydrogen) atoms. The molecule has 0 bridgehead atoms. The third-order valence-corrected chi connectivity index (χ3v) is 3.12. The number of rotatable bonds is 5. The average Bonchev–Trinajstić information content (AvgIpc) is 2.42. The Balaban J connectivity index is 2.18. The first kappa shape index (κ1) is 11.0. The Morgan fingerprint density at radius 2 is 2.15 bits per heavy atom. The fourth-order valence-corrected chi connectivity index (χ4v) is 1.96. The molecule has 2 nitrogen and oxygen atoms in total. The molecule has 0 aliphatic carbocycles. The lowest BCUT2D eigenvalue weighted by atomic mass is 9.90. The first-order chi connectivity index (χ1) is 6.19. The summed E-state index contributed by atoms with van der Waals surface area (Å²) in [6, 6.07) is 0. The Morgan fingerprint density at radius 3 is 2.69 bits per heavy atom. The highest BCUT2D eigenvalue weighted by Crippen LogP contribution is 2.30. The second-order valence-electron chi connectivity index (χ2n) is 4.18. The maximum Gasteiger partial charge on any atom is 0.0927 e.